The number of hydrogen-bond acceptors (Lipinski definition) is 6. The molecule has 0 atom stereocenters. The number of aromatic nitrogens is 2. The van der Waals surface area contributed by atoms with Crippen molar-refractivity contribution in [3.63, 3.8) is 0 Å². The largest absolute Gasteiger partial charge is 0.385 e. The van der Waals surface area contributed by atoms with Crippen molar-refractivity contribution < 1.29 is 4.74 Å². The van der Waals surface area contributed by atoms with E-state index in [9.17, 15) is 9.70 Å². The van der Waals surface area contributed by atoms with Gasteiger partial charge in [0.1, 0.15) is 5.82 Å². The van der Waals surface area contributed by atoms with Crippen LogP contribution in [-0.2, 0) is 11.3 Å². The predicted octanol–water partition coefficient (Wildman–Crippen LogP) is 0.922. The molecule has 16 heavy (non-hydrogen) atoms. The van der Waals surface area contributed by atoms with Crippen molar-refractivity contribution in [1.82, 2.24) is 9.55 Å². The molecular formula is C8H12N4O3S. The Labute approximate surface area is 96.2 Å². The van der Waals surface area contributed by atoms with Gasteiger partial charge in [0, 0.05) is 20.3 Å². The second kappa shape index (κ2) is 5.52. The second-order valence-corrected chi connectivity index (χ2v) is 3.47. The third-order valence-electron chi connectivity index (χ3n) is 2.04. The molecule has 1 aromatic heterocycles. The fourth-order valence-corrected chi connectivity index (χ4v) is 1.54. The highest BCUT2D eigenvalue weighted by molar-refractivity contribution is 7.71. The van der Waals surface area contributed by atoms with Crippen molar-refractivity contribution in [3.8, 4) is 0 Å². The number of nitrogens with zero attached hydrogens (tertiary/aromatic N) is 2. The molecule has 0 spiro atoms. The number of hydrogen-bond donors (Lipinski definition) is 2. The van der Waals surface area contributed by atoms with Crippen LogP contribution in [0.25, 0.3) is 0 Å². The molecule has 3 N–H and O–H groups in total. The molecule has 0 radical (unpaired) electrons. The summed E-state index contributed by atoms with van der Waals surface area (Å²) >= 11 is 4.93. The summed E-state index contributed by atoms with van der Waals surface area (Å²) in [5, 5.41) is 2.58. The van der Waals surface area contributed by atoms with Gasteiger partial charge in [0.15, 0.2) is 4.77 Å². The smallest absolute Gasteiger partial charge is 0.283 e. The fraction of sp³-hybridized carbons (Fsp3) is 0.500. The van der Waals surface area contributed by atoms with Crippen LogP contribution in [0.1, 0.15) is 6.42 Å². The van der Waals surface area contributed by atoms with Crippen LogP contribution in [0, 0.1) is 9.68 Å². The fourth-order valence-electron chi connectivity index (χ4n) is 1.25. The van der Waals surface area contributed by atoms with Gasteiger partial charge in [0.2, 0.25) is 5.69 Å². The monoisotopic (exact) mass is 244 g/mol. The van der Waals surface area contributed by atoms with E-state index in [1.807, 2.05) is 0 Å². The van der Waals surface area contributed by atoms with Gasteiger partial charge in [-0.25, -0.2) is 0 Å². The molecule has 1 heterocycles. The van der Waals surface area contributed by atoms with Gasteiger partial charge in [-0.2, -0.15) is 0 Å². The van der Waals surface area contributed by atoms with Crippen LogP contribution in [0.15, 0.2) is 9.97 Å². The molecule has 0 aliphatic heterocycles. The van der Waals surface area contributed by atoms with Gasteiger partial charge < -0.3 is 15.0 Å². The molecule has 8 heteroatoms. The Morgan fingerprint density at radius 1 is 1.62 bits per heavy atom. The lowest BCUT2D eigenvalue weighted by molar-refractivity contribution is 0.190. The lowest BCUT2D eigenvalue weighted by Crippen LogP contribution is -2.18. The van der Waals surface area contributed by atoms with Crippen molar-refractivity contribution in [2.45, 2.75) is 13.0 Å². The zero-order valence-corrected chi connectivity index (χ0v) is 9.54. The summed E-state index contributed by atoms with van der Waals surface area (Å²) in [5.41, 5.74) is 4.61. The molecule has 0 saturated heterocycles. The SMILES string of the molecule is COCCCn1c(N)c(N=O)c(=O)[nH]c1=S. The van der Waals surface area contributed by atoms with E-state index in [-0.39, 0.29) is 16.3 Å². The molecule has 0 fully saturated rings. The van der Waals surface area contributed by atoms with Gasteiger partial charge in [0.05, 0.1) is 0 Å². The third-order valence-corrected chi connectivity index (χ3v) is 2.36. The van der Waals surface area contributed by atoms with Crippen LogP contribution in [0.2, 0.25) is 0 Å². The molecule has 1 rings (SSSR count). The lowest BCUT2D eigenvalue weighted by atomic mass is 10.4. The Bertz CT molecular complexity index is 493. The Morgan fingerprint density at radius 2 is 2.31 bits per heavy atom. The highest BCUT2D eigenvalue weighted by Crippen LogP contribution is 2.15. The number of anilines is 1. The summed E-state index contributed by atoms with van der Waals surface area (Å²) in [4.78, 5) is 24.0. The first kappa shape index (κ1) is 12.5. The highest BCUT2D eigenvalue weighted by atomic mass is 32.1. The van der Waals surface area contributed by atoms with E-state index in [0.717, 1.165) is 0 Å². The molecule has 0 aliphatic carbocycles. The first-order valence-corrected chi connectivity index (χ1v) is 4.97. The number of methoxy groups -OCH3 is 1. The van der Waals surface area contributed by atoms with E-state index in [4.69, 9.17) is 22.7 Å². The quantitative estimate of drug-likeness (QED) is 0.455. The number of nitrogens with two attached hydrogens (primary N) is 1. The molecule has 0 aliphatic rings. The van der Waals surface area contributed by atoms with Crippen LogP contribution in [0.5, 0.6) is 0 Å². The number of H-pyrrole nitrogens is 1. The first-order chi connectivity index (χ1) is 7.61. The minimum Gasteiger partial charge on any atom is -0.385 e. The summed E-state index contributed by atoms with van der Waals surface area (Å²) in [6.07, 6.45) is 0.666. The van der Waals surface area contributed by atoms with Crippen molar-refractivity contribution in [3.05, 3.63) is 20.0 Å². The maximum atomic E-state index is 11.2. The van der Waals surface area contributed by atoms with Crippen molar-refractivity contribution in [2.75, 3.05) is 19.5 Å². The van der Waals surface area contributed by atoms with Crippen LogP contribution in [-0.4, -0.2) is 23.3 Å². The maximum Gasteiger partial charge on any atom is 0.283 e. The van der Waals surface area contributed by atoms with Crippen molar-refractivity contribution in [1.29, 1.82) is 0 Å². The van der Waals surface area contributed by atoms with E-state index in [0.29, 0.717) is 19.6 Å². The Balaban J connectivity index is 3.13. The molecule has 0 aromatic carbocycles. The number of nitrogens with one attached hydrogen (secondary N) is 1. The van der Waals surface area contributed by atoms with Gasteiger partial charge >= 0.3 is 0 Å². The van der Waals surface area contributed by atoms with Crippen LogP contribution < -0.4 is 11.3 Å². The maximum absolute atomic E-state index is 11.2. The van der Waals surface area contributed by atoms with Gasteiger partial charge in [-0.1, -0.05) is 0 Å². The highest BCUT2D eigenvalue weighted by Gasteiger charge is 2.10. The van der Waals surface area contributed by atoms with Gasteiger partial charge in [-0.15, -0.1) is 4.91 Å². The summed E-state index contributed by atoms with van der Waals surface area (Å²) in [7, 11) is 1.58. The van der Waals surface area contributed by atoms with E-state index in [2.05, 4.69) is 10.2 Å². The van der Waals surface area contributed by atoms with Gasteiger partial charge in [0.25, 0.3) is 5.56 Å². The van der Waals surface area contributed by atoms with E-state index in [1.54, 1.807) is 7.11 Å². The molecule has 0 unspecified atom stereocenters. The normalized spacial score (nSPS) is 10.3. The topological polar surface area (TPSA) is 102 Å². The number of nitrogen functional groups attached to an aromatic ring is 1. The number of rotatable bonds is 5. The molecule has 88 valence electrons. The second-order valence-electron chi connectivity index (χ2n) is 3.08. The molecular weight excluding hydrogens is 232 g/mol. The zero-order valence-electron chi connectivity index (χ0n) is 8.73. The average molecular weight is 244 g/mol. The zero-order chi connectivity index (χ0) is 12.1. The van der Waals surface area contributed by atoms with E-state index < -0.39 is 5.56 Å². The third kappa shape index (κ3) is 2.52. The molecule has 0 amide bonds. The van der Waals surface area contributed by atoms with Crippen LogP contribution in [0.3, 0.4) is 0 Å². The molecule has 0 saturated carbocycles. The summed E-state index contributed by atoms with van der Waals surface area (Å²) in [6.45, 7) is 0.988. The van der Waals surface area contributed by atoms with Crippen molar-refractivity contribution in [2.24, 2.45) is 5.18 Å². The Hall–Kier alpha value is -1.54. The average Bonchev–Trinajstić information content (AvgIpc) is 2.23. The summed E-state index contributed by atoms with van der Waals surface area (Å²) in [6, 6.07) is 0. The van der Waals surface area contributed by atoms with Crippen LogP contribution >= 0.6 is 12.2 Å². The number of ether oxygens (including phenoxy) is 1. The molecule has 0 bridgehead atoms. The molecule has 7 nitrogen and oxygen atoms in total. The van der Waals surface area contributed by atoms with E-state index in [1.165, 1.54) is 4.57 Å². The first-order valence-electron chi connectivity index (χ1n) is 4.56. The minimum atomic E-state index is -0.666. The minimum absolute atomic E-state index is 0.0140. The number of nitroso groups, excluding NO2 is 1. The summed E-state index contributed by atoms with van der Waals surface area (Å²) in [5.74, 6) is -0.0140. The lowest BCUT2D eigenvalue weighted by Gasteiger charge is -2.10. The standard InChI is InChI=1S/C8H12N4O3S/c1-15-4-2-3-12-6(9)5(11-14)7(13)10-8(12)16/h2-4,9H2,1H3,(H,10,13,16). The van der Waals surface area contributed by atoms with E-state index >= 15 is 0 Å². The Morgan fingerprint density at radius 3 is 2.88 bits per heavy atom. The van der Waals surface area contributed by atoms with Gasteiger partial charge in [-0.05, 0) is 23.8 Å². The predicted molar refractivity (Wildman–Crippen MR) is 62.2 cm³/mol. The van der Waals surface area contributed by atoms with Crippen LogP contribution in [0.4, 0.5) is 11.5 Å². The van der Waals surface area contributed by atoms with Gasteiger partial charge in [-0.3, -0.25) is 9.78 Å². The molecule has 1 aromatic rings. The van der Waals surface area contributed by atoms with Crippen molar-refractivity contribution >= 4 is 23.7 Å². The number of aromatic amines is 1. The Kier molecular flexibility index (Phi) is 4.32. The summed E-state index contributed by atoms with van der Waals surface area (Å²) < 4.78 is 6.50.